The molecule has 1 aromatic heterocycles. The second-order valence-corrected chi connectivity index (χ2v) is 4.94. The van der Waals surface area contributed by atoms with Crippen LogP contribution in [0, 0.1) is 5.92 Å². The first-order valence-corrected chi connectivity index (χ1v) is 7.29. The Labute approximate surface area is 124 Å². The Morgan fingerprint density at radius 2 is 2.05 bits per heavy atom. The molecule has 1 aromatic rings. The third kappa shape index (κ3) is 4.95. The van der Waals surface area contributed by atoms with E-state index >= 15 is 0 Å². The Bertz CT molecular complexity index is 421. The Hall–Kier alpha value is -1.73. The van der Waals surface area contributed by atoms with Gasteiger partial charge in [0.2, 0.25) is 11.9 Å². The topological polar surface area (TPSA) is 87.6 Å². The summed E-state index contributed by atoms with van der Waals surface area (Å²) in [6.07, 6.45) is 5.07. The molecule has 7 nitrogen and oxygen atoms in total. The molecule has 0 aliphatic carbocycles. The van der Waals surface area contributed by atoms with Gasteiger partial charge in [0.05, 0.1) is 19.8 Å². The summed E-state index contributed by atoms with van der Waals surface area (Å²) in [5, 5.41) is 11.4. The normalized spacial score (nSPS) is 16.0. The van der Waals surface area contributed by atoms with Crippen molar-refractivity contribution in [3.05, 3.63) is 18.5 Å². The fraction of sp³-hybridized carbons (Fsp3) is 0.643. The van der Waals surface area contributed by atoms with Gasteiger partial charge < -0.3 is 20.1 Å². The van der Waals surface area contributed by atoms with Crippen LogP contribution in [0.5, 0.6) is 0 Å². The van der Waals surface area contributed by atoms with Crippen molar-refractivity contribution in [1.82, 2.24) is 15.3 Å². The lowest BCUT2D eigenvalue weighted by Gasteiger charge is -2.31. The van der Waals surface area contributed by atoms with Crippen molar-refractivity contribution in [2.24, 2.45) is 5.92 Å². The summed E-state index contributed by atoms with van der Waals surface area (Å²) in [7, 11) is 0. The van der Waals surface area contributed by atoms with Crippen molar-refractivity contribution in [3.8, 4) is 0 Å². The van der Waals surface area contributed by atoms with E-state index in [1.165, 1.54) is 0 Å². The van der Waals surface area contributed by atoms with E-state index in [1.54, 1.807) is 18.5 Å². The zero-order valence-corrected chi connectivity index (χ0v) is 12.1. The molecule has 2 rings (SSSR count). The smallest absolute Gasteiger partial charge is 0.225 e. The Morgan fingerprint density at radius 1 is 1.33 bits per heavy atom. The molecule has 21 heavy (non-hydrogen) atoms. The highest BCUT2D eigenvalue weighted by Crippen LogP contribution is 2.20. The summed E-state index contributed by atoms with van der Waals surface area (Å²) in [6, 6.07) is 1.79. The van der Waals surface area contributed by atoms with Crippen molar-refractivity contribution in [1.29, 1.82) is 0 Å². The summed E-state index contributed by atoms with van der Waals surface area (Å²) in [5.74, 6) is 0.854. The number of amides is 1. The average Bonchev–Trinajstić information content (AvgIpc) is 2.55. The van der Waals surface area contributed by atoms with E-state index in [9.17, 15) is 4.79 Å². The Kier molecular flexibility index (Phi) is 6.36. The van der Waals surface area contributed by atoms with Crippen molar-refractivity contribution < 1.29 is 14.6 Å². The first kappa shape index (κ1) is 15.7. The van der Waals surface area contributed by atoms with Gasteiger partial charge in [-0.3, -0.25) is 4.79 Å². The van der Waals surface area contributed by atoms with Gasteiger partial charge in [-0.1, -0.05) is 0 Å². The molecule has 0 radical (unpaired) electrons. The number of aliphatic hydroxyl groups excluding tert-OH is 1. The summed E-state index contributed by atoms with van der Waals surface area (Å²) < 4.78 is 5.11. The van der Waals surface area contributed by atoms with Crippen LogP contribution in [-0.4, -0.2) is 60.4 Å². The number of nitrogens with one attached hydrogen (secondary N) is 1. The molecule has 2 heterocycles. The van der Waals surface area contributed by atoms with Crippen LogP contribution >= 0.6 is 0 Å². The average molecular weight is 294 g/mol. The molecule has 1 amide bonds. The van der Waals surface area contributed by atoms with Gasteiger partial charge in [0, 0.05) is 37.9 Å². The van der Waals surface area contributed by atoms with E-state index in [2.05, 4.69) is 20.2 Å². The minimum atomic E-state index is 0.00790. The lowest BCUT2D eigenvalue weighted by Crippen LogP contribution is -2.41. The van der Waals surface area contributed by atoms with Crippen LogP contribution in [0.3, 0.4) is 0 Å². The van der Waals surface area contributed by atoms with Crippen LogP contribution in [0.2, 0.25) is 0 Å². The number of piperidine rings is 1. The molecule has 7 heteroatoms. The molecule has 0 unspecified atom stereocenters. The highest BCUT2D eigenvalue weighted by molar-refractivity contribution is 5.78. The number of ether oxygens (including phenoxy) is 1. The molecule has 1 aliphatic heterocycles. The molecule has 0 spiro atoms. The zero-order valence-electron chi connectivity index (χ0n) is 12.1. The molecule has 116 valence electrons. The summed E-state index contributed by atoms with van der Waals surface area (Å²) >= 11 is 0. The highest BCUT2D eigenvalue weighted by atomic mass is 16.5. The maximum Gasteiger partial charge on any atom is 0.225 e. The molecule has 0 saturated carbocycles. The number of hydrogen-bond acceptors (Lipinski definition) is 6. The van der Waals surface area contributed by atoms with Gasteiger partial charge in [0.15, 0.2) is 0 Å². The molecule has 1 fully saturated rings. The number of nitrogens with zero attached hydrogens (tertiary/aromatic N) is 3. The van der Waals surface area contributed by atoms with Crippen molar-refractivity contribution in [2.75, 3.05) is 44.4 Å². The molecule has 1 aliphatic rings. The summed E-state index contributed by atoms with van der Waals surface area (Å²) in [5.41, 5.74) is 0. The predicted octanol–water partition coefficient (Wildman–Crippen LogP) is -0.182. The van der Waals surface area contributed by atoms with E-state index in [0.29, 0.717) is 19.8 Å². The lowest BCUT2D eigenvalue weighted by molar-refractivity contribution is -0.125. The second kappa shape index (κ2) is 8.53. The van der Waals surface area contributed by atoms with Gasteiger partial charge in [-0.05, 0) is 18.9 Å². The van der Waals surface area contributed by atoms with E-state index in [-0.39, 0.29) is 18.4 Å². The van der Waals surface area contributed by atoms with E-state index < -0.39 is 0 Å². The van der Waals surface area contributed by atoms with Crippen LogP contribution in [0.1, 0.15) is 12.8 Å². The van der Waals surface area contributed by atoms with Crippen LogP contribution in [0.25, 0.3) is 0 Å². The maximum atomic E-state index is 12.0. The van der Waals surface area contributed by atoms with Gasteiger partial charge in [-0.2, -0.15) is 0 Å². The molecule has 0 atom stereocenters. The minimum absolute atomic E-state index is 0.00790. The molecular formula is C14H22N4O3. The number of rotatable bonds is 7. The molecule has 2 N–H and O–H groups in total. The van der Waals surface area contributed by atoms with Gasteiger partial charge >= 0.3 is 0 Å². The maximum absolute atomic E-state index is 12.0. The largest absolute Gasteiger partial charge is 0.394 e. The number of carbonyl (C=O) groups excluding carboxylic acids is 1. The molecule has 0 bridgehead atoms. The number of aliphatic hydroxyl groups is 1. The molecular weight excluding hydrogens is 272 g/mol. The molecule has 1 saturated heterocycles. The number of anilines is 1. The quantitative estimate of drug-likeness (QED) is 0.678. The standard InChI is InChI=1S/C14H22N4O3/c19-9-11-21-10-6-15-13(20)12-2-7-18(8-3-12)14-16-4-1-5-17-14/h1,4-5,12,19H,2-3,6-11H2,(H,15,20). The first-order valence-electron chi connectivity index (χ1n) is 7.29. The van der Waals surface area contributed by atoms with Gasteiger partial charge in [-0.25, -0.2) is 9.97 Å². The van der Waals surface area contributed by atoms with Crippen LogP contribution in [0.15, 0.2) is 18.5 Å². The SMILES string of the molecule is O=C(NCCOCCO)C1CCN(c2ncccn2)CC1. The summed E-state index contributed by atoms with van der Waals surface area (Å²) in [6.45, 7) is 2.83. The Morgan fingerprint density at radius 3 is 2.71 bits per heavy atom. The summed E-state index contributed by atoms with van der Waals surface area (Å²) in [4.78, 5) is 22.6. The fourth-order valence-corrected chi connectivity index (χ4v) is 2.35. The Balaban J connectivity index is 1.67. The highest BCUT2D eigenvalue weighted by Gasteiger charge is 2.25. The number of aromatic nitrogens is 2. The zero-order chi connectivity index (χ0) is 14.9. The van der Waals surface area contributed by atoms with Crippen molar-refractivity contribution in [3.63, 3.8) is 0 Å². The van der Waals surface area contributed by atoms with Crippen LogP contribution in [-0.2, 0) is 9.53 Å². The third-order valence-corrected chi connectivity index (χ3v) is 3.48. The second-order valence-electron chi connectivity index (χ2n) is 4.94. The van der Waals surface area contributed by atoms with Gasteiger partial charge in [-0.15, -0.1) is 0 Å². The number of carbonyl (C=O) groups is 1. The molecule has 0 aromatic carbocycles. The predicted molar refractivity (Wildman–Crippen MR) is 77.9 cm³/mol. The lowest BCUT2D eigenvalue weighted by atomic mass is 9.96. The van der Waals surface area contributed by atoms with Crippen LogP contribution < -0.4 is 10.2 Å². The van der Waals surface area contributed by atoms with E-state index in [0.717, 1.165) is 31.9 Å². The van der Waals surface area contributed by atoms with Gasteiger partial charge in [0.1, 0.15) is 0 Å². The third-order valence-electron chi connectivity index (χ3n) is 3.48. The van der Waals surface area contributed by atoms with Crippen molar-refractivity contribution in [2.45, 2.75) is 12.8 Å². The van der Waals surface area contributed by atoms with Gasteiger partial charge in [0.25, 0.3) is 0 Å². The monoisotopic (exact) mass is 294 g/mol. The van der Waals surface area contributed by atoms with Crippen molar-refractivity contribution >= 4 is 11.9 Å². The minimum Gasteiger partial charge on any atom is -0.394 e. The number of hydrogen-bond donors (Lipinski definition) is 2. The van der Waals surface area contributed by atoms with Crippen LogP contribution in [0.4, 0.5) is 5.95 Å². The van der Waals surface area contributed by atoms with E-state index in [4.69, 9.17) is 9.84 Å². The first-order chi connectivity index (χ1) is 10.3. The fourth-order valence-electron chi connectivity index (χ4n) is 2.35. The van der Waals surface area contributed by atoms with E-state index in [1.807, 2.05) is 0 Å².